The summed E-state index contributed by atoms with van der Waals surface area (Å²) >= 11 is 0. The summed E-state index contributed by atoms with van der Waals surface area (Å²) in [5, 5.41) is 7.10. The van der Waals surface area contributed by atoms with Gasteiger partial charge in [0.05, 0.1) is 12.3 Å². The Morgan fingerprint density at radius 1 is 1.23 bits per heavy atom. The SMILES string of the molecule is [B]C(=O)N1CCC(=C(c2ccccc2)c2cc(C(=O)OCC)[nH]n2)CC1. The lowest BCUT2D eigenvalue weighted by Gasteiger charge is -2.29. The highest BCUT2D eigenvalue weighted by molar-refractivity contribution is 6.56. The zero-order valence-electron chi connectivity index (χ0n) is 14.7. The third-order valence-electron chi connectivity index (χ3n) is 4.42. The van der Waals surface area contributed by atoms with Gasteiger partial charge in [0.2, 0.25) is 7.85 Å². The molecule has 1 fully saturated rings. The highest BCUT2D eigenvalue weighted by Gasteiger charge is 2.22. The molecule has 1 amide bonds. The number of carbonyl (C=O) groups is 2. The Morgan fingerprint density at radius 2 is 1.92 bits per heavy atom. The molecule has 26 heavy (non-hydrogen) atoms. The van der Waals surface area contributed by atoms with E-state index in [2.05, 4.69) is 10.2 Å². The maximum atomic E-state index is 11.9. The molecule has 1 aliphatic heterocycles. The fraction of sp³-hybridized carbons (Fsp3) is 0.316. The number of benzene rings is 1. The number of carbonyl (C=O) groups excluding carboxylic acids is 2. The van der Waals surface area contributed by atoms with E-state index in [-0.39, 0.29) is 0 Å². The Morgan fingerprint density at radius 3 is 2.54 bits per heavy atom. The summed E-state index contributed by atoms with van der Waals surface area (Å²) in [6.07, 6.45) is 1.43. The number of amides is 1. The van der Waals surface area contributed by atoms with Gasteiger partial charge in [0, 0.05) is 18.7 Å². The van der Waals surface area contributed by atoms with Crippen molar-refractivity contribution in [3.05, 3.63) is 58.9 Å². The Kier molecular flexibility index (Phi) is 5.56. The van der Waals surface area contributed by atoms with Crippen LogP contribution >= 0.6 is 0 Å². The van der Waals surface area contributed by atoms with Crippen LogP contribution in [0.15, 0.2) is 42.0 Å². The summed E-state index contributed by atoms with van der Waals surface area (Å²) in [5.74, 6) is -0.818. The molecule has 3 rings (SSSR count). The predicted molar refractivity (Wildman–Crippen MR) is 99.0 cm³/mol. The van der Waals surface area contributed by atoms with Crippen LogP contribution in [0.3, 0.4) is 0 Å². The molecule has 0 spiro atoms. The maximum Gasteiger partial charge on any atom is 0.356 e. The summed E-state index contributed by atoms with van der Waals surface area (Å²) in [6, 6.07) is 11.6. The van der Waals surface area contributed by atoms with Crippen molar-refractivity contribution in [1.29, 1.82) is 0 Å². The summed E-state index contributed by atoms with van der Waals surface area (Å²) in [5.41, 5.74) is 4.22. The third-order valence-corrected chi connectivity index (χ3v) is 4.42. The topological polar surface area (TPSA) is 75.3 Å². The molecular weight excluding hydrogens is 329 g/mol. The number of hydrogen-bond donors (Lipinski definition) is 1. The molecule has 0 bridgehead atoms. The highest BCUT2D eigenvalue weighted by Crippen LogP contribution is 2.31. The van der Waals surface area contributed by atoms with Gasteiger partial charge in [0.1, 0.15) is 5.69 Å². The second-order valence-electron chi connectivity index (χ2n) is 6.06. The lowest BCUT2D eigenvalue weighted by molar-refractivity contribution is 0.0519. The van der Waals surface area contributed by atoms with E-state index in [0.29, 0.717) is 31.1 Å². The molecule has 1 aromatic carbocycles. The number of likely N-dealkylation sites (tertiary alicyclic amines) is 1. The second-order valence-corrected chi connectivity index (χ2v) is 6.06. The summed E-state index contributed by atoms with van der Waals surface area (Å²) in [6.45, 7) is 3.23. The van der Waals surface area contributed by atoms with Gasteiger partial charge in [0.15, 0.2) is 5.81 Å². The third kappa shape index (κ3) is 3.87. The summed E-state index contributed by atoms with van der Waals surface area (Å²) < 4.78 is 5.03. The molecule has 1 aliphatic rings. The van der Waals surface area contributed by atoms with Crippen molar-refractivity contribution in [2.24, 2.45) is 0 Å². The van der Waals surface area contributed by atoms with Gasteiger partial charge in [-0.3, -0.25) is 9.89 Å². The van der Waals surface area contributed by atoms with Crippen molar-refractivity contribution >= 4 is 25.2 Å². The van der Waals surface area contributed by atoms with E-state index in [1.807, 2.05) is 30.3 Å². The van der Waals surface area contributed by atoms with Gasteiger partial charge in [-0.15, -0.1) is 0 Å². The molecule has 2 aromatic rings. The monoisotopic (exact) mass is 349 g/mol. The second kappa shape index (κ2) is 8.04. The fourth-order valence-electron chi connectivity index (χ4n) is 3.15. The van der Waals surface area contributed by atoms with Crippen LogP contribution in [0.5, 0.6) is 0 Å². The fourth-order valence-corrected chi connectivity index (χ4v) is 3.15. The molecule has 0 unspecified atom stereocenters. The van der Waals surface area contributed by atoms with E-state index in [1.54, 1.807) is 17.9 Å². The number of aromatic amines is 1. The van der Waals surface area contributed by atoms with E-state index in [0.717, 1.165) is 24.0 Å². The number of nitrogens with one attached hydrogen (secondary N) is 1. The minimum Gasteiger partial charge on any atom is -0.461 e. The highest BCUT2D eigenvalue weighted by atomic mass is 16.5. The van der Waals surface area contributed by atoms with Gasteiger partial charge in [-0.1, -0.05) is 35.9 Å². The first-order chi connectivity index (χ1) is 12.6. The number of hydrogen-bond acceptors (Lipinski definition) is 4. The minimum atomic E-state index is -0.424. The first kappa shape index (κ1) is 18.0. The van der Waals surface area contributed by atoms with Crippen molar-refractivity contribution in [1.82, 2.24) is 15.1 Å². The van der Waals surface area contributed by atoms with Gasteiger partial charge in [0.25, 0.3) is 0 Å². The molecule has 1 saturated heterocycles. The number of rotatable bonds is 4. The quantitative estimate of drug-likeness (QED) is 0.680. The van der Waals surface area contributed by atoms with Gasteiger partial charge in [-0.25, -0.2) is 4.79 Å². The van der Waals surface area contributed by atoms with E-state index < -0.39 is 11.8 Å². The lowest BCUT2D eigenvalue weighted by atomic mass is 9.90. The Balaban J connectivity index is 1.97. The average Bonchev–Trinajstić information content (AvgIpc) is 3.13. The molecule has 1 aromatic heterocycles. The number of piperidine rings is 1. The van der Waals surface area contributed by atoms with Gasteiger partial charge < -0.3 is 9.64 Å². The van der Waals surface area contributed by atoms with Crippen molar-refractivity contribution in [3.8, 4) is 0 Å². The Bertz CT molecular complexity index is 820. The van der Waals surface area contributed by atoms with Crippen LogP contribution in [0.4, 0.5) is 4.79 Å². The predicted octanol–water partition coefficient (Wildman–Crippen LogP) is 2.77. The van der Waals surface area contributed by atoms with Crippen LogP contribution in [0.1, 0.15) is 41.5 Å². The van der Waals surface area contributed by atoms with Crippen molar-refractivity contribution in [3.63, 3.8) is 0 Å². The Labute approximate surface area is 153 Å². The molecule has 6 nitrogen and oxygen atoms in total. The maximum absolute atomic E-state index is 11.9. The standard InChI is InChI=1S/C19H20BN3O3/c1-2-26-18(24)16-12-15(21-22-16)17(13-6-4-3-5-7-13)14-8-10-23(11-9-14)19(20)25/h3-7,12H,2,8-11H2,1H3,(H,21,22). The average molecular weight is 349 g/mol. The smallest absolute Gasteiger partial charge is 0.356 e. The van der Waals surface area contributed by atoms with Crippen LogP contribution in [0.25, 0.3) is 5.57 Å². The van der Waals surface area contributed by atoms with Gasteiger partial charge >= 0.3 is 5.97 Å². The number of esters is 1. The molecule has 2 heterocycles. The van der Waals surface area contributed by atoms with Crippen LogP contribution < -0.4 is 0 Å². The van der Waals surface area contributed by atoms with Crippen molar-refractivity contribution in [2.45, 2.75) is 19.8 Å². The molecule has 0 aliphatic carbocycles. The van der Waals surface area contributed by atoms with Crippen molar-refractivity contribution < 1.29 is 14.3 Å². The van der Waals surface area contributed by atoms with Crippen LogP contribution in [0, 0.1) is 0 Å². The molecule has 1 N–H and O–H groups in total. The minimum absolute atomic E-state index is 0.308. The molecule has 0 atom stereocenters. The first-order valence-corrected chi connectivity index (χ1v) is 8.65. The molecule has 0 saturated carbocycles. The molecule has 132 valence electrons. The summed E-state index contributed by atoms with van der Waals surface area (Å²) in [4.78, 5) is 25.0. The van der Waals surface area contributed by atoms with Crippen LogP contribution in [-0.4, -0.2) is 54.4 Å². The molecule has 7 heteroatoms. The molecular formula is C19H20BN3O3. The zero-order valence-corrected chi connectivity index (χ0v) is 14.7. The normalized spacial score (nSPS) is 14.2. The van der Waals surface area contributed by atoms with Gasteiger partial charge in [-0.05, 0) is 31.4 Å². The van der Waals surface area contributed by atoms with E-state index in [1.165, 1.54) is 5.57 Å². The molecule has 2 radical (unpaired) electrons. The van der Waals surface area contributed by atoms with E-state index in [9.17, 15) is 9.59 Å². The number of aromatic nitrogens is 2. The van der Waals surface area contributed by atoms with E-state index >= 15 is 0 Å². The first-order valence-electron chi connectivity index (χ1n) is 8.65. The number of nitrogens with zero attached hydrogens (tertiary/aromatic N) is 2. The largest absolute Gasteiger partial charge is 0.461 e. The Hall–Kier alpha value is -2.83. The van der Waals surface area contributed by atoms with Crippen LogP contribution in [-0.2, 0) is 4.74 Å². The number of H-pyrrole nitrogens is 1. The zero-order chi connectivity index (χ0) is 18.5. The number of ether oxygens (including phenoxy) is 1. The summed E-state index contributed by atoms with van der Waals surface area (Å²) in [7, 11) is 5.38. The van der Waals surface area contributed by atoms with Crippen molar-refractivity contribution in [2.75, 3.05) is 19.7 Å². The van der Waals surface area contributed by atoms with Gasteiger partial charge in [-0.2, -0.15) is 5.10 Å². The van der Waals surface area contributed by atoms with Crippen LogP contribution in [0.2, 0.25) is 0 Å². The van der Waals surface area contributed by atoms with E-state index in [4.69, 9.17) is 12.6 Å². The lowest BCUT2D eigenvalue weighted by Crippen LogP contribution is -2.35.